The summed E-state index contributed by atoms with van der Waals surface area (Å²) in [4.78, 5) is 0. The van der Waals surface area contributed by atoms with Gasteiger partial charge < -0.3 is 14.9 Å². The number of alkyl halides is 2. The lowest BCUT2D eigenvalue weighted by Gasteiger charge is -2.08. The highest BCUT2D eigenvalue weighted by atomic mass is 19.3. The van der Waals surface area contributed by atoms with Crippen molar-refractivity contribution in [2.45, 2.75) is 33.0 Å². The molecule has 0 saturated carbocycles. The Morgan fingerprint density at radius 2 is 1.76 bits per heavy atom. The number of halogens is 2. The maximum absolute atomic E-state index is 11.9. The third-order valence-corrected chi connectivity index (χ3v) is 1.57. The first-order chi connectivity index (χ1) is 7.97. The molecule has 0 bridgehead atoms. The van der Waals surface area contributed by atoms with Crippen LogP contribution < -0.4 is 4.74 Å². The van der Waals surface area contributed by atoms with E-state index in [0.717, 1.165) is 0 Å². The Kier molecular flexibility index (Phi) is 8.27. The van der Waals surface area contributed by atoms with E-state index in [2.05, 4.69) is 4.74 Å². The molecular formula is C12H18F2O3. The zero-order valence-corrected chi connectivity index (χ0v) is 9.94. The molecule has 0 atom stereocenters. The van der Waals surface area contributed by atoms with E-state index >= 15 is 0 Å². The Hall–Kier alpha value is -1.20. The quantitative estimate of drug-likeness (QED) is 0.859. The van der Waals surface area contributed by atoms with Gasteiger partial charge in [0.05, 0.1) is 0 Å². The lowest BCUT2D eigenvalue weighted by atomic mass is 10.1. The van der Waals surface area contributed by atoms with Crippen LogP contribution >= 0.6 is 0 Å². The van der Waals surface area contributed by atoms with E-state index in [9.17, 15) is 8.78 Å². The predicted octanol–water partition coefficient (Wildman–Crippen LogP) is 2.21. The fourth-order valence-corrected chi connectivity index (χ4v) is 1.04. The highest BCUT2D eigenvalue weighted by molar-refractivity contribution is 5.33. The van der Waals surface area contributed by atoms with E-state index in [1.807, 2.05) is 0 Å². The van der Waals surface area contributed by atoms with E-state index in [1.54, 1.807) is 32.0 Å². The molecule has 0 spiro atoms. The molecule has 3 nitrogen and oxygen atoms in total. The SMILES string of the molecule is CC(C)O.OCCc1ccccc1OC(F)F. The van der Waals surface area contributed by atoms with Gasteiger partial charge in [-0.3, -0.25) is 0 Å². The number of rotatable bonds is 4. The van der Waals surface area contributed by atoms with Crippen LogP contribution in [-0.4, -0.2) is 29.5 Å². The monoisotopic (exact) mass is 248 g/mol. The first kappa shape index (κ1) is 15.8. The highest BCUT2D eigenvalue weighted by Gasteiger charge is 2.07. The number of para-hydroxylation sites is 1. The Morgan fingerprint density at radius 3 is 2.24 bits per heavy atom. The molecule has 5 heteroatoms. The second-order valence-corrected chi connectivity index (χ2v) is 3.55. The second-order valence-electron chi connectivity index (χ2n) is 3.55. The zero-order valence-electron chi connectivity index (χ0n) is 9.94. The van der Waals surface area contributed by atoms with Crippen molar-refractivity contribution < 1.29 is 23.7 Å². The van der Waals surface area contributed by atoms with Crippen molar-refractivity contribution in [2.75, 3.05) is 6.61 Å². The van der Waals surface area contributed by atoms with Gasteiger partial charge in [0.15, 0.2) is 0 Å². The standard InChI is InChI=1S/C9H10F2O2.C3H8O/c10-9(11)13-8-4-2-1-3-7(8)5-6-12;1-3(2)4/h1-4,9,12H,5-6H2;3-4H,1-2H3. The summed E-state index contributed by atoms with van der Waals surface area (Å²) >= 11 is 0. The molecule has 0 unspecified atom stereocenters. The van der Waals surface area contributed by atoms with E-state index < -0.39 is 6.61 Å². The van der Waals surface area contributed by atoms with E-state index in [-0.39, 0.29) is 18.5 Å². The van der Waals surface area contributed by atoms with Gasteiger partial charge in [0.2, 0.25) is 0 Å². The minimum atomic E-state index is -2.82. The number of hydrogen-bond acceptors (Lipinski definition) is 3. The van der Waals surface area contributed by atoms with Crippen molar-refractivity contribution in [1.29, 1.82) is 0 Å². The van der Waals surface area contributed by atoms with Gasteiger partial charge in [0.1, 0.15) is 5.75 Å². The molecule has 98 valence electrons. The van der Waals surface area contributed by atoms with Crippen LogP contribution in [0.15, 0.2) is 24.3 Å². The van der Waals surface area contributed by atoms with Gasteiger partial charge in [-0.2, -0.15) is 8.78 Å². The van der Waals surface area contributed by atoms with Gasteiger partial charge in [-0.15, -0.1) is 0 Å². The lowest BCUT2D eigenvalue weighted by Crippen LogP contribution is -2.05. The Bertz CT molecular complexity index is 301. The van der Waals surface area contributed by atoms with Crippen molar-refractivity contribution in [3.8, 4) is 5.75 Å². The molecule has 17 heavy (non-hydrogen) atoms. The van der Waals surface area contributed by atoms with Crippen molar-refractivity contribution in [1.82, 2.24) is 0 Å². The second kappa shape index (κ2) is 8.90. The molecule has 2 N–H and O–H groups in total. The first-order valence-corrected chi connectivity index (χ1v) is 5.29. The van der Waals surface area contributed by atoms with Gasteiger partial charge in [-0.1, -0.05) is 18.2 Å². The molecular weight excluding hydrogens is 230 g/mol. The third-order valence-electron chi connectivity index (χ3n) is 1.57. The molecule has 0 aliphatic rings. The summed E-state index contributed by atoms with van der Waals surface area (Å²) in [7, 11) is 0. The fraction of sp³-hybridized carbons (Fsp3) is 0.500. The third kappa shape index (κ3) is 8.59. The lowest BCUT2D eigenvalue weighted by molar-refractivity contribution is -0.0505. The van der Waals surface area contributed by atoms with E-state index in [4.69, 9.17) is 10.2 Å². The molecule has 1 rings (SSSR count). The number of benzene rings is 1. The molecule has 0 aliphatic carbocycles. The molecule has 0 heterocycles. The van der Waals surface area contributed by atoms with Gasteiger partial charge in [0, 0.05) is 12.7 Å². The summed E-state index contributed by atoms with van der Waals surface area (Å²) in [6, 6.07) is 6.42. The molecule has 0 fully saturated rings. The molecule has 0 aliphatic heterocycles. The predicted molar refractivity (Wildman–Crippen MR) is 61.2 cm³/mol. The molecule has 1 aromatic rings. The van der Waals surface area contributed by atoms with Gasteiger partial charge in [-0.05, 0) is 31.9 Å². The molecule has 0 radical (unpaired) electrons. The van der Waals surface area contributed by atoms with Crippen molar-refractivity contribution in [3.63, 3.8) is 0 Å². The summed E-state index contributed by atoms with van der Waals surface area (Å²) in [5, 5.41) is 16.7. The first-order valence-electron chi connectivity index (χ1n) is 5.29. The van der Waals surface area contributed by atoms with Crippen molar-refractivity contribution in [3.05, 3.63) is 29.8 Å². The van der Waals surface area contributed by atoms with Crippen LogP contribution in [0.4, 0.5) is 8.78 Å². The maximum atomic E-state index is 11.9. The smallest absolute Gasteiger partial charge is 0.387 e. The average molecular weight is 248 g/mol. The minimum absolute atomic E-state index is 0.0798. The van der Waals surface area contributed by atoms with E-state index in [0.29, 0.717) is 12.0 Å². The van der Waals surface area contributed by atoms with Gasteiger partial charge >= 0.3 is 6.61 Å². The van der Waals surface area contributed by atoms with Crippen molar-refractivity contribution >= 4 is 0 Å². The number of aliphatic hydroxyl groups excluding tert-OH is 2. The molecule has 0 aromatic heterocycles. The summed E-state index contributed by atoms with van der Waals surface area (Å²) in [6.07, 6.45) is 0.156. The Morgan fingerprint density at radius 1 is 1.24 bits per heavy atom. The topological polar surface area (TPSA) is 49.7 Å². The maximum Gasteiger partial charge on any atom is 0.387 e. The number of hydrogen-bond donors (Lipinski definition) is 2. The van der Waals surface area contributed by atoms with Crippen LogP contribution in [-0.2, 0) is 6.42 Å². The Labute approximate surface area is 99.7 Å². The zero-order chi connectivity index (χ0) is 13.3. The molecule has 0 saturated heterocycles. The average Bonchev–Trinajstić information content (AvgIpc) is 2.19. The van der Waals surface area contributed by atoms with Crippen LogP contribution in [0.1, 0.15) is 19.4 Å². The molecule has 1 aromatic carbocycles. The highest BCUT2D eigenvalue weighted by Crippen LogP contribution is 2.20. The summed E-state index contributed by atoms with van der Waals surface area (Å²) < 4.78 is 28.0. The van der Waals surface area contributed by atoms with Crippen LogP contribution in [0.3, 0.4) is 0 Å². The largest absolute Gasteiger partial charge is 0.435 e. The van der Waals surface area contributed by atoms with Crippen LogP contribution in [0, 0.1) is 0 Å². The number of ether oxygens (including phenoxy) is 1. The van der Waals surface area contributed by atoms with Gasteiger partial charge in [-0.25, -0.2) is 0 Å². The van der Waals surface area contributed by atoms with E-state index in [1.165, 1.54) is 6.07 Å². The molecule has 0 amide bonds. The summed E-state index contributed by atoms with van der Waals surface area (Å²) in [5.41, 5.74) is 0.588. The van der Waals surface area contributed by atoms with Crippen LogP contribution in [0.2, 0.25) is 0 Å². The Balaban J connectivity index is 0.000000557. The van der Waals surface area contributed by atoms with Crippen LogP contribution in [0.5, 0.6) is 5.75 Å². The summed E-state index contributed by atoms with van der Waals surface area (Å²) in [6.45, 7) is 0.545. The number of aliphatic hydroxyl groups is 2. The van der Waals surface area contributed by atoms with Crippen molar-refractivity contribution in [2.24, 2.45) is 0 Å². The van der Waals surface area contributed by atoms with Gasteiger partial charge in [0.25, 0.3) is 0 Å². The normalized spacial score (nSPS) is 10.1. The fourth-order valence-electron chi connectivity index (χ4n) is 1.04. The summed E-state index contributed by atoms with van der Waals surface area (Å²) in [5.74, 6) is 0.131. The minimum Gasteiger partial charge on any atom is -0.435 e. The van der Waals surface area contributed by atoms with Crippen LogP contribution in [0.25, 0.3) is 0 Å².